The summed E-state index contributed by atoms with van der Waals surface area (Å²) < 4.78 is 4.92. The molecule has 4 nitrogen and oxygen atoms in total. The lowest BCUT2D eigenvalue weighted by atomic mass is 10.0. The van der Waals surface area contributed by atoms with Crippen molar-refractivity contribution in [1.29, 1.82) is 0 Å². The molecule has 1 saturated heterocycles. The lowest BCUT2D eigenvalue weighted by molar-refractivity contribution is -0.163. The van der Waals surface area contributed by atoms with Crippen LogP contribution in [0.25, 0.3) is 0 Å². The highest BCUT2D eigenvalue weighted by Crippen LogP contribution is 2.16. The second-order valence-corrected chi connectivity index (χ2v) is 9.68. The average Bonchev–Trinajstić information content (AvgIpc) is 2.18. The molecule has 1 heterocycles. The maximum Gasteiger partial charge on any atom is 0.321 e. The normalized spacial score (nSPS) is 19.6. The third-order valence-electron chi connectivity index (χ3n) is 2.17. The molecule has 0 bridgehead atoms. The Hall–Kier alpha value is -1.28. The first-order valence-corrected chi connectivity index (χ1v) is 8.73. The molecule has 0 spiro atoms. The number of rotatable bonds is 2. The Balaban J connectivity index is 2.31. The highest BCUT2D eigenvalue weighted by molar-refractivity contribution is 6.83. The first kappa shape index (κ1) is 12.8. The van der Waals surface area contributed by atoms with Gasteiger partial charge in [0.2, 0.25) is 5.91 Å². The molecule has 0 aromatic carbocycles. The quantitative estimate of drug-likeness (QED) is 0.232. The molecule has 88 valence electrons. The lowest BCUT2D eigenvalue weighted by Gasteiger charge is -2.33. The maximum atomic E-state index is 11.4. The predicted octanol–water partition coefficient (Wildman–Crippen LogP) is 0.499. The third kappa shape index (κ3) is 3.38. The van der Waals surface area contributed by atoms with E-state index in [1.807, 2.05) is 0 Å². The molecule has 16 heavy (non-hydrogen) atoms. The van der Waals surface area contributed by atoms with E-state index in [0.717, 1.165) is 0 Å². The van der Waals surface area contributed by atoms with E-state index in [1.165, 1.54) is 4.90 Å². The molecule has 0 aromatic rings. The summed E-state index contributed by atoms with van der Waals surface area (Å²) in [6, 6.07) is 0. The molecule has 0 aromatic heterocycles. The standard InChI is InChI=1S/C11H17NO3Si/c1-12-8-9(10(12)13)11(14)15-6-5-7-16(2,3)4/h9H,6,8H2,1-4H3. The molecule has 0 N–H and O–H groups in total. The molecule has 1 fully saturated rings. The highest BCUT2D eigenvalue weighted by Gasteiger charge is 2.40. The smallest absolute Gasteiger partial charge is 0.321 e. The zero-order valence-electron chi connectivity index (χ0n) is 10.2. The van der Waals surface area contributed by atoms with Crippen LogP contribution in [0.3, 0.4) is 0 Å². The summed E-state index contributed by atoms with van der Waals surface area (Å²) in [5.74, 6) is 1.62. The molecule has 0 radical (unpaired) electrons. The summed E-state index contributed by atoms with van der Waals surface area (Å²) in [4.78, 5) is 24.1. The van der Waals surface area contributed by atoms with Gasteiger partial charge in [0.25, 0.3) is 0 Å². The summed E-state index contributed by atoms with van der Waals surface area (Å²) in [7, 11) is 0.261. The van der Waals surface area contributed by atoms with Gasteiger partial charge in [-0.2, -0.15) is 0 Å². The minimum absolute atomic E-state index is 0.0938. The van der Waals surface area contributed by atoms with Crippen molar-refractivity contribution in [3.05, 3.63) is 0 Å². The number of hydrogen-bond acceptors (Lipinski definition) is 3. The van der Waals surface area contributed by atoms with Crippen molar-refractivity contribution in [1.82, 2.24) is 4.90 Å². The largest absolute Gasteiger partial charge is 0.452 e. The number of likely N-dealkylation sites (tertiary alicyclic amines) is 1. The first-order valence-electron chi connectivity index (χ1n) is 5.23. The van der Waals surface area contributed by atoms with Gasteiger partial charge in [-0.15, -0.1) is 5.54 Å². The van der Waals surface area contributed by atoms with Crippen molar-refractivity contribution in [2.24, 2.45) is 5.92 Å². The van der Waals surface area contributed by atoms with Crippen LogP contribution in [0.2, 0.25) is 19.6 Å². The Morgan fingerprint density at radius 1 is 1.56 bits per heavy atom. The van der Waals surface area contributed by atoms with E-state index in [0.29, 0.717) is 6.54 Å². The molecule has 1 unspecified atom stereocenters. The molecule has 1 aliphatic rings. The Labute approximate surface area is 97.0 Å². The Bertz CT molecular complexity index is 362. The number of nitrogens with zero attached hydrogens (tertiary/aromatic N) is 1. The lowest BCUT2D eigenvalue weighted by Crippen LogP contribution is -2.53. The number of β-lactam (4-membered cyclic amide) rings is 1. The summed E-state index contributed by atoms with van der Waals surface area (Å²) in [6.45, 7) is 6.90. The van der Waals surface area contributed by atoms with Gasteiger partial charge in [-0.25, -0.2) is 0 Å². The fraction of sp³-hybridized carbons (Fsp3) is 0.636. The summed E-state index contributed by atoms with van der Waals surface area (Å²) in [5, 5.41) is 0. The molecule has 5 heteroatoms. The second-order valence-electron chi connectivity index (χ2n) is 4.93. The van der Waals surface area contributed by atoms with Crippen LogP contribution in [0.1, 0.15) is 0 Å². The minimum Gasteiger partial charge on any atom is -0.452 e. The van der Waals surface area contributed by atoms with Crippen molar-refractivity contribution in [2.75, 3.05) is 20.2 Å². The highest BCUT2D eigenvalue weighted by atomic mass is 28.3. The molecular weight excluding hydrogens is 222 g/mol. The zero-order chi connectivity index (χ0) is 12.3. The topological polar surface area (TPSA) is 46.6 Å². The van der Waals surface area contributed by atoms with Crippen LogP contribution in [-0.2, 0) is 14.3 Å². The minimum atomic E-state index is -1.40. The molecule has 1 amide bonds. The van der Waals surface area contributed by atoms with Crippen LogP contribution in [0, 0.1) is 17.4 Å². The number of carbonyl (C=O) groups excluding carboxylic acids is 2. The van der Waals surface area contributed by atoms with Gasteiger partial charge in [0.1, 0.15) is 8.07 Å². The average molecular weight is 239 g/mol. The van der Waals surface area contributed by atoms with Crippen molar-refractivity contribution in [3.8, 4) is 11.5 Å². The van der Waals surface area contributed by atoms with Gasteiger partial charge in [0.05, 0.1) is 0 Å². The van der Waals surface area contributed by atoms with Crippen molar-refractivity contribution >= 4 is 20.0 Å². The van der Waals surface area contributed by atoms with Gasteiger partial charge in [0, 0.05) is 13.6 Å². The van der Waals surface area contributed by atoms with Gasteiger partial charge >= 0.3 is 5.97 Å². The number of carbonyl (C=O) groups is 2. The van der Waals surface area contributed by atoms with Crippen LogP contribution in [0.4, 0.5) is 0 Å². The molecule has 0 saturated carbocycles. The monoisotopic (exact) mass is 239 g/mol. The Morgan fingerprint density at radius 3 is 2.62 bits per heavy atom. The van der Waals surface area contributed by atoms with E-state index in [-0.39, 0.29) is 12.5 Å². The predicted molar refractivity (Wildman–Crippen MR) is 63.2 cm³/mol. The van der Waals surface area contributed by atoms with Crippen molar-refractivity contribution in [2.45, 2.75) is 19.6 Å². The molecule has 1 rings (SSSR count). The van der Waals surface area contributed by atoms with Gasteiger partial charge in [-0.05, 0) is 0 Å². The van der Waals surface area contributed by atoms with Crippen LogP contribution >= 0.6 is 0 Å². The Kier molecular flexibility index (Phi) is 3.76. The van der Waals surface area contributed by atoms with E-state index in [4.69, 9.17) is 4.74 Å². The fourth-order valence-corrected chi connectivity index (χ4v) is 1.88. The summed E-state index contributed by atoms with van der Waals surface area (Å²) in [6.07, 6.45) is 0. The molecule has 0 aliphatic carbocycles. The number of hydrogen-bond donors (Lipinski definition) is 0. The SMILES string of the molecule is CN1CC(C(=O)OCC#C[Si](C)(C)C)C1=O. The number of esters is 1. The fourth-order valence-electron chi connectivity index (χ4n) is 1.28. The number of ether oxygens (including phenoxy) is 1. The molecule has 1 aliphatic heterocycles. The van der Waals surface area contributed by atoms with E-state index in [9.17, 15) is 9.59 Å². The third-order valence-corrected chi connectivity index (χ3v) is 3.09. The molecule has 1 atom stereocenters. The van der Waals surface area contributed by atoms with Gasteiger partial charge in [-0.3, -0.25) is 9.59 Å². The van der Waals surface area contributed by atoms with Gasteiger partial charge in [-0.1, -0.05) is 25.6 Å². The van der Waals surface area contributed by atoms with Crippen molar-refractivity contribution in [3.63, 3.8) is 0 Å². The van der Waals surface area contributed by atoms with E-state index in [1.54, 1.807) is 7.05 Å². The van der Waals surface area contributed by atoms with E-state index in [2.05, 4.69) is 31.1 Å². The van der Waals surface area contributed by atoms with Crippen LogP contribution < -0.4 is 0 Å². The second kappa shape index (κ2) is 4.70. The van der Waals surface area contributed by atoms with E-state index >= 15 is 0 Å². The summed E-state index contributed by atoms with van der Waals surface area (Å²) in [5.41, 5.74) is 3.09. The van der Waals surface area contributed by atoms with Crippen LogP contribution in [0.5, 0.6) is 0 Å². The van der Waals surface area contributed by atoms with Crippen LogP contribution in [-0.4, -0.2) is 45.0 Å². The van der Waals surface area contributed by atoms with Crippen molar-refractivity contribution < 1.29 is 14.3 Å². The summed E-state index contributed by atoms with van der Waals surface area (Å²) >= 11 is 0. The zero-order valence-corrected chi connectivity index (χ0v) is 11.2. The maximum absolute atomic E-state index is 11.4. The van der Waals surface area contributed by atoms with Crippen LogP contribution in [0.15, 0.2) is 0 Å². The Morgan fingerprint density at radius 2 is 2.19 bits per heavy atom. The van der Waals surface area contributed by atoms with Gasteiger partial charge in [0.15, 0.2) is 12.5 Å². The van der Waals surface area contributed by atoms with Gasteiger partial charge < -0.3 is 9.64 Å². The number of amides is 1. The first-order chi connectivity index (χ1) is 7.31. The molecular formula is C11H17NO3Si. The van der Waals surface area contributed by atoms with E-state index < -0.39 is 20.0 Å².